The number of rotatable bonds is 3. The molecule has 1 atom stereocenters. The molecule has 0 heterocycles. The first kappa shape index (κ1) is 14.8. The minimum absolute atomic E-state index is 0.152. The maximum Gasteiger partial charge on any atom is 0.261 e. The molecule has 0 fully saturated rings. The summed E-state index contributed by atoms with van der Waals surface area (Å²) in [5.41, 5.74) is 6.02. The Kier molecular flexibility index (Phi) is 4.62. The van der Waals surface area contributed by atoms with Crippen molar-refractivity contribution in [3.63, 3.8) is 0 Å². The third kappa shape index (κ3) is 4.96. The van der Waals surface area contributed by atoms with E-state index in [0.29, 0.717) is 11.4 Å². The summed E-state index contributed by atoms with van der Waals surface area (Å²) in [6.45, 7) is 7.48. The normalized spacial score (nSPS) is 12.9. The minimum atomic E-state index is -0.571. The number of benzene rings is 1. The van der Waals surface area contributed by atoms with Gasteiger partial charge in [-0.05, 0) is 39.8 Å². The van der Waals surface area contributed by atoms with Crippen LogP contribution in [0.1, 0.15) is 27.7 Å². The van der Waals surface area contributed by atoms with Gasteiger partial charge >= 0.3 is 0 Å². The number of nitrogens with two attached hydrogens (primary N) is 1. The fraction of sp³-hybridized carbons (Fsp3) is 0.462. The third-order valence-corrected chi connectivity index (χ3v) is 2.53. The van der Waals surface area contributed by atoms with Crippen LogP contribution in [-0.2, 0) is 4.79 Å². The molecule has 3 N–H and O–H groups in total. The number of anilines is 1. The Morgan fingerprint density at radius 3 is 2.50 bits per heavy atom. The van der Waals surface area contributed by atoms with Crippen LogP contribution >= 0.6 is 15.9 Å². The summed E-state index contributed by atoms with van der Waals surface area (Å²) in [6, 6.07) is 5.23. The highest BCUT2D eigenvalue weighted by Crippen LogP contribution is 2.23. The molecule has 4 nitrogen and oxygen atoms in total. The number of nitrogen functional groups attached to an aromatic ring is 1. The third-order valence-electron chi connectivity index (χ3n) is 2.07. The summed E-state index contributed by atoms with van der Waals surface area (Å²) in [7, 11) is 0. The van der Waals surface area contributed by atoms with Gasteiger partial charge in [-0.15, -0.1) is 0 Å². The zero-order valence-electron chi connectivity index (χ0n) is 11.1. The van der Waals surface area contributed by atoms with Crippen LogP contribution in [0, 0.1) is 0 Å². The molecule has 1 unspecified atom stereocenters. The van der Waals surface area contributed by atoms with Crippen LogP contribution in [0.3, 0.4) is 0 Å². The Labute approximate surface area is 116 Å². The molecule has 1 aromatic carbocycles. The summed E-state index contributed by atoms with van der Waals surface area (Å²) >= 11 is 3.33. The average molecular weight is 315 g/mol. The first-order chi connectivity index (χ1) is 8.17. The fourth-order valence-electron chi connectivity index (χ4n) is 1.38. The van der Waals surface area contributed by atoms with Gasteiger partial charge in [0, 0.05) is 21.8 Å². The quantitative estimate of drug-likeness (QED) is 0.843. The molecule has 0 radical (unpaired) electrons. The SMILES string of the molecule is CC(Oc1cc(N)cc(Br)c1)C(=O)NC(C)(C)C. The van der Waals surface area contributed by atoms with Crippen LogP contribution in [0.2, 0.25) is 0 Å². The van der Waals surface area contributed by atoms with Crippen LogP contribution in [0.4, 0.5) is 5.69 Å². The van der Waals surface area contributed by atoms with Crippen molar-refractivity contribution in [2.45, 2.75) is 39.3 Å². The number of carbonyl (C=O) groups excluding carboxylic acids is 1. The van der Waals surface area contributed by atoms with Gasteiger partial charge < -0.3 is 15.8 Å². The average Bonchev–Trinajstić information content (AvgIpc) is 2.12. The lowest BCUT2D eigenvalue weighted by molar-refractivity contribution is -0.128. The summed E-state index contributed by atoms with van der Waals surface area (Å²) < 4.78 is 6.38. The van der Waals surface area contributed by atoms with E-state index in [1.54, 1.807) is 25.1 Å². The van der Waals surface area contributed by atoms with Crippen molar-refractivity contribution >= 4 is 27.5 Å². The molecule has 1 aromatic rings. The predicted octanol–water partition coefficient (Wildman–Crippen LogP) is 2.71. The number of hydrogen-bond acceptors (Lipinski definition) is 3. The van der Waals surface area contributed by atoms with E-state index in [0.717, 1.165) is 4.47 Å². The lowest BCUT2D eigenvalue weighted by atomic mass is 10.1. The number of carbonyl (C=O) groups is 1. The zero-order chi connectivity index (χ0) is 13.9. The lowest BCUT2D eigenvalue weighted by Gasteiger charge is -2.23. The van der Waals surface area contributed by atoms with E-state index in [1.165, 1.54) is 0 Å². The largest absolute Gasteiger partial charge is 0.481 e. The van der Waals surface area contributed by atoms with E-state index in [4.69, 9.17) is 10.5 Å². The van der Waals surface area contributed by atoms with Crippen molar-refractivity contribution in [3.8, 4) is 5.75 Å². The topological polar surface area (TPSA) is 64.3 Å². The molecule has 0 aromatic heterocycles. The summed E-state index contributed by atoms with van der Waals surface area (Å²) in [6.07, 6.45) is -0.571. The highest BCUT2D eigenvalue weighted by atomic mass is 79.9. The standard InChI is InChI=1S/C13H19BrN2O2/c1-8(12(17)16-13(2,3)4)18-11-6-9(14)5-10(15)7-11/h5-8H,15H2,1-4H3,(H,16,17). The molecular weight excluding hydrogens is 296 g/mol. The van der Waals surface area contributed by atoms with Gasteiger partial charge in [0.05, 0.1) is 0 Å². The molecule has 0 spiro atoms. The van der Waals surface area contributed by atoms with Gasteiger partial charge in [-0.2, -0.15) is 0 Å². The van der Waals surface area contributed by atoms with Crippen molar-refractivity contribution in [2.24, 2.45) is 0 Å². The predicted molar refractivity (Wildman–Crippen MR) is 76.5 cm³/mol. The molecule has 0 bridgehead atoms. The number of halogens is 1. The van der Waals surface area contributed by atoms with Crippen molar-refractivity contribution in [3.05, 3.63) is 22.7 Å². The van der Waals surface area contributed by atoms with Crippen LogP contribution in [-0.4, -0.2) is 17.6 Å². The van der Waals surface area contributed by atoms with Crippen molar-refractivity contribution in [2.75, 3.05) is 5.73 Å². The van der Waals surface area contributed by atoms with E-state index in [1.807, 2.05) is 20.8 Å². The molecule has 1 amide bonds. The minimum Gasteiger partial charge on any atom is -0.481 e. The Bertz CT molecular complexity index is 421. The zero-order valence-corrected chi connectivity index (χ0v) is 12.7. The maximum atomic E-state index is 11.9. The molecule has 0 aliphatic rings. The van der Waals surface area contributed by atoms with Gasteiger partial charge in [-0.1, -0.05) is 15.9 Å². The number of nitrogens with one attached hydrogen (secondary N) is 1. The molecule has 18 heavy (non-hydrogen) atoms. The second kappa shape index (κ2) is 5.61. The smallest absolute Gasteiger partial charge is 0.261 e. The highest BCUT2D eigenvalue weighted by molar-refractivity contribution is 9.10. The van der Waals surface area contributed by atoms with Crippen molar-refractivity contribution in [1.29, 1.82) is 0 Å². The lowest BCUT2D eigenvalue weighted by Crippen LogP contribution is -2.46. The Morgan fingerprint density at radius 1 is 1.39 bits per heavy atom. The van der Waals surface area contributed by atoms with E-state index < -0.39 is 6.10 Å². The monoisotopic (exact) mass is 314 g/mol. The van der Waals surface area contributed by atoms with E-state index >= 15 is 0 Å². The summed E-state index contributed by atoms with van der Waals surface area (Å²) in [5.74, 6) is 0.416. The number of amides is 1. The second-order valence-electron chi connectivity index (χ2n) is 5.22. The molecule has 0 saturated heterocycles. The van der Waals surface area contributed by atoms with E-state index in [2.05, 4.69) is 21.2 Å². The van der Waals surface area contributed by atoms with Gasteiger partial charge in [0.25, 0.3) is 5.91 Å². The first-order valence-electron chi connectivity index (χ1n) is 5.72. The number of hydrogen-bond donors (Lipinski definition) is 2. The van der Waals surface area contributed by atoms with Gasteiger partial charge in [0.1, 0.15) is 5.75 Å². The molecule has 0 saturated carbocycles. The van der Waals surface area contributed by atoms with Crippen molar-refractivity contribution < 1.29 is 9.53 Å². The van der Waals surface area contributed by atoms with E-state index in [9.17, 15) is 4.79 Å². The van der Waals surface area contributed by atoms with Crippen LogP contribution < -0.4 is 15.8 Å². The van der Waals surface area contributed by atoms with Crippen LogP contribution in [0.5, 0.6) is 5.75 Å². The van der Waals surface area contributed by atoms with E-state index in [-0.39, 0.29) is 11.4 Å². The second-order valence-corrected chi connectivity index (χ2v) is 6.14. The highest BCUT2D eigenvalue weighted by Gasteiger charge is 2.20. The number of ether oxygens (including phenoxy) is 1. The maximum absolute atomic E-state index is 11.9. The van der Waals surface area contributed by atoms with Gasteiger partial charge in [-0.25, -0.2) is 0 Å². The molecule has 0 aliphatic carbocycles. The van der Waals surface area contributed by atoms with Crippen LogP contribution in [0.25, 0.3) is 0 Å². The molecular formula is C13H19BrN2O2. The Balaban J connectivity index is 2.69. The molecule has 0 aliphatic heterocycles. The molecule has 1 rings (SSSR count). The van der Waals surface area contributed by atoms with Gasteiger partial charge in [-0.3, -0.25) is 4.79 Å². The summed E-state index contributed by atoms with van der Waals surface area (Å²) in [4.78, 5) is 11.9. The molecule has 100 valence electrons. The first-order valence-corrected chi connectivity index (χ1v) is 6.51. The van der Waals surface area contributed by atoms with Gasteiger partial charge in [0.2, 0.25) is 0 Å². The molecule has 5 heteroatoms. The van der Waals surface area contributed by atoms with Crippen molar-refractivity contribution in [1.82, 2.24) is 5.32 Å². The Morgan fingerprint density at radius 2 is 2.00 bits per heavy atom. The Hall–Kier alpha value is -1.23. The summed E-state index contributed by atoms with van der Waals surface area (Å²) in [5, 5.41) is 2.86. The fourth-order valence-corrected chi connectivity index (χ4v) is 1.87. The van der Waals surface area contributed by atoms with Gasteiger partial charge in [0.15, 0.2) is 6.10 Å². The van der Waals surface area contributed by atoms with Crippen LogP contribution in [0.15, 0.2) is 22.7 Å².